The minimum absolute atomic E-state index is 0.130. The molecule has 0 N–H and O–H groups in total. The van der Waals surface area contributed by atoms with E-state index in [1.807, 2.05) is 22.4 Å². The van der Waals surface area contributed by atoms with Gasteiger partial charge in [0.15, 0.2) is 0 Å². The Morgan fingerprint density at radius 3 is 2.90 bits per heavy atom. The first-order valence-corrected chi connectivity index (χ1v) is 7.92. The number of thiophene rings is 1. The summed E-state index contributed by atoms with van der Waals surface area (Å²) in [5.74, 6) is 0.811. The Morgan fingerprint density at radius 1 is 1.38 bits per heavy atom. The van der Waals surface area contributed by atoms with Gasteiger partial charge in [-0.1, -0.05) is 6.07 Å². The highest BCUT2D eigenvalue weighted by molar-refractivity contribution is 7.10. The molecule has 1 saturated heterocycles. The number of hydrogen-bond acceptors (Lipinski definition) is 5. The van der Waals surface area contributed by atoms with Crippen LogP contribution in [-0.2, 0) is 11.2 Å². The summed E-state index contributed by atoms with van der Waals surface area (Å²) in [6, 6.07) is 5.75. The molecule has 0 aromatic carbocycles. The lowest BCUT2D eigenvalue weighted by atomic mass is 10.1. The van der Waals surface area contributed by atoms with Crippen molar-refractivity contribution >= 4 is 17.2 Å². The van der Waals surface area contributed by atoms with Gasteiger partial charge in [-0.2, -0.15) is 0 Å². The molecule has 2 aromatic rings. The highest BCUT2D eigenvalue weighted by Crippen LogP contribution is 2.18. The predicted octanol–water partition coefficient (Wildman–Crippen LogP) is 2.15. The normalized spacial score (nSPS) is 15.9. The number of hydrogen-bond donors (Lipinski definition) is 0. The maximum absolute atomic E-state index is 12.2. The van der Waals surface area contributed by atoms with E-state index in [4.69, 9.17) is 4.74 Å². The Balaban J connectivity index is 1.47. The summed E-state index contributed by atoms with van der Waals surface area (Å²) in [6.07, 6.45) is 5.48. The van der Waals surface area contributed by atoms with Gasteiger partial charge in [-0.15, -0.1) is 11.3 Å². The molecule has 1 fully saturated rings. The van der Waals surface area contributed by atoms with Gasteiger partial charge in [-0.3, -0.25) is 4.79 Å². The number of piperidine rings is 1. The van der Waals surface area contributed by atoms with Crippen LogP contribution in [0.25, 0.3) is 0 Å². The monoisotopic (exact) mass is 303 g/mol. The first-order valence-electron chi connectivity index (χ1n) is 7.04. The zero-order chi connectivity index (χ0) is 14.5. The van der Waals surface area contributed by atoms with Crippen LogP contribution in [0.4, 0.5) is 0 Å². The fraction of sp³-hybridized carbons (Fsp3) is 0.400. The third kappa shape index (κ3) is 3.78. The topological polar surface area (TPSA) is 55.3 Å². The highest BCUT2D eigenvalue weighted by atomic mass is 32.1. The summed E-state index contributed by atoms with van der Waals surface area (Å²) in [7, 11) is 0. The summed E-state index contributed by atoms with van der Waals surface area (Å²) < 4.78 is 5.80. The summed E-state index contributed by atoms with van der Waals surface area (Å²) in [5, 5.41) is 2.00. The van der Waals surface area contributed by atoms with Crippen molar-refractivity contribution in [2.75, 3.05) is 13.1 Å². The smallest absolute Gasteiger partial charge is 0.227 e. The molecule has 0 radical (unpaired) electrons. The number of likely N-dealkylation sites (tertiary alicyclic amines) is 1. The number of aromatic nitrogens is 2. The SMILES string of the molecule is O=C(Cc1cccs1)N1CCC(Oc2ccncn2)CC1. The zero-order valence-electron chi connectivity index (χ0n) is 11.6. The minimum atomic E-state index is 0.130. The number of nitrogens with zero attached hydrogens (tertiary/aromatic N) is 3. The van der Waals surface area contributed by atoms with Crippen LogP contribution in [0.3, 0.4) is 0 Å². The number of carbonyl (C=O) groups is 1. The van der Waals surface area contributed by atoms with Crippen LogP contribution in [0, 0.1) is 0 Å². The standard InChI is InChI=1S/C15H17N3O2S/c19-15(10-13-2-1-9-21-13)18-7-4-12(5-8-18)20-14-3-6-16-11-17-14/h1-3,6,9,11-12H,4-5,7-8,10H2. The van der Waals surface area contributed by atoms with Gasteiger partial charge in [0, 0.05) is 43.1 Å². The molecular formula is C15H17N3O2S. The summed E-state index contributed by atoms with van der Waals surface area (Å²) in [6.45, 7) is 1.50. The molecule has 110 valence electrons. The van der Waals surface area contributed by atoms with E-state index in [-0.39, 0.29) is 12.0 Å². The average Bonchev–Trinajstić information content (AvgIpc) is 3.02. The van der Waals surface area contributed by atoms with Crippen LogP contribution in [-0.4, -0.2) is 40.0 Å². The van der Waals surface area contributed by atoms with E-state index in [1.54, 1.807) is 23.6 Å². The van der Waals surface area contributed by atoms with Gasteiger partial charge in [0.25, 0.3) is 0 Å². The molecule has 0 spiro atoms. The second-order valence-corrected chi connectivity index (χ2v) is 6.03. The Labute approximate surface area is 127 Å². The van der Waals surface area contributed by atoms with Crippen molar-refractivity contribution in [1.82, 2.24) is 14.9 Å². The van der Waals surface area contributed by atoms with Gasteiger partial charge < -0.3 is 9.64 Å². The average molecular weight is 303 g/mol. The van der Waals surface area contributed by atoms with E-state index in [0.29, 0.717) is 12.3 Å². The van der Waals surface area contributed by atoms with E-state index >= 15 is 0 Å². The lowest BCUT2D eigenvalue weighted by molar-refractivity contribution is -0.132. The molecule has 1 aliphatic rings. The summed E-state index contributed by atoms with van der Waals surface area (Å²) >= 11 is 1.63. The highest BCUT2D eigenvalue weighted by Gasteiger charge is 2.24. The molecule has 0 unspecified atom stereocenters. The van der Waals surface area contributed by atoms with Crippen LogP contribution >= 0.6 is 11.3 Å². The summed E-state index contributed by atoms with van der Waals surface area (Å²) in [5.41, 5.74) is 0. The minimum Gasteiger partial charge on any atom is -0.474 e. The van der Waals surface area contributed by atoms with Gasteiger partial charge in [0.2, 0.25) is 11.8 Å². The van der Waals surface area contributed by atoms with Crippen LogP contribution < -0.4 is 4.74 Å². The van der Waals surface area contributed by atoms with Crippen LogP contribution in [0.2, 0.25) is 0 Å². The van der Waals surface area contributed by atoms with E-state index in [2.05, 4.69) is 9.97 Å². The predicted molar refractivity (Wildman–Crippen MR) is 80.3 cm³/mol. The first-order chi connectivity index (χ1) is 10.3. The molecule has 6 heteroatoms. The molecule has 2 aromatic heterocycles. The lowest BCUT2D eigenvalue weighted by Gasteiger charge is -2.31. The van der Waals surface area contributed by atoms with Gasteiger partial charge >= 0.3 is 0 Å². The third-order valence-electron chi connectivity index (χ3n) is 3.54. The van der Waals surface area contributed by atoms with Crippen LogP contribution in [0.15, 0.2) is 36.1 Å². The van der Waals surface area contributed by atoms with Crippen LogP contribution in [0.1, 0.15) is 17.7 Å². The van der Waals surface area contributed by atoms with E-state index in [0.717, 1.165) is 30.8 Å². The Morgan fingerprint density at radius 2 is 2.24 bits per heavy atom. The fourth-order valence-electron chi connectivity index (χ4n) is 2.42. The molecule has 1 amide bonds. The lowest BCUT2D eigenvalue weighted by Crippen LogP contribution is -2.42. The van der Waals surface area contributed by atoms with Crippen molar-refractivity contribution in [3.8, 4) is 5.88 Å². The van der Waals surface area contributed by atoms with Crippen molar-refractivity contribution in [2.24, 2.45) is 0 Å². The Hall–Kier alpha value is -1.95. The van der Waals surface area contributed by atoms with Gasteiger partial charge in [0.1, 0.15) is 12.4 Å². The maximum atomic E-state index is 12.2. The van der Waals surface area contributed by atoms with Crippen molar-refractivity contribution in [3.05, 3.63) is 41.0 Å². The quantitative estimate of drug-likeness (QED) is 0.868. The molecule has 5 nitrogen and oxygen atoms in total. The van der Waals surface area contributed by atoms with E-state index < -0.39 is 0 Å². The maximum Gasteiger partial charge on any atom is 0.227 e. The van der Waals surface area contributed by atoms with Crippen molar-refractivity contribution < 1.29 is 9.53 Å². The molecule has 21 heavy (non-hydrogen) atoms. The number of rotatable bonds is 4. The van der Waals surface area contributed by atoms with E-state index in [9.17, 15) is 4.79 Å². The second kappa shape index (κ2) is 6.67. The number of ether oxygens (including phenoxy) is 1. The zero-order valence-corrected chi connectivity index (χ0v) is 12.5. The molecular weight excluding hydrogens is 286 g/mol. The second-order valence-electron chi connectivity index (χ2n) is 5.00. The Bertz CT molecular complexity index is 566. The molecule has 0 saturated carbocycles. The fourth-order valence-corrected chi connectivity index (χ4v) is 3.11. The molecule has 0 aliphatic carbocycles. The van der Waals surface area contributed by atoms with E-state index in [1.165, 1.54) is 6.33 Å². The molecule has 3 rings (SSSR count). The molecule has 3 heterocycles. The largest absolute Gasteiger partial charge is 0.474 e. The van der Waals surface area contributed by atoms with Crippen LogP contribution in [0.5, 0.6) is 5.88 Å². The van der Waals surface area contributed by atoms with Crippen molar-refractivity contribution in [1.29, 1.82) is 0 Å². The van der Waals surface area contributed by atoms with Gasteiger partial charge in [0.05, 0.1) is 6.42 Å². The number of carbonyl (C=O) groups excluding carboxylic acids is 1. The first kappa shape index (κ1) is 14.0. The molecule has 0 bridgehead atoms. The molecule has 1 aliphatic heterocycles. The number of amides is 1. The Kier molecular flexibility index (Phi) is 4.45. The van der Waals surface area contributed by atoms with Gasteiger partial charge in [-0.25, -0.2) is 9.97 Å². The molecule has 0 atom stereocenters. The summed E-state index contributed by atoms with van der Waals surface area (Å²) in [4.78, 5) is 23.2. The van der Waals surface area contributed by atoms with Crippen molar-refractivity contribution in [3.63, 3.8) is 0 Å². The van der Waals surface area contributed by atoms with Crippen molar-refractivity contribution in [2.45, 2.75) is 25.4 Å². The van der Waals surface area contributed by atoms with Gasteiger partial charge in [-0.05, 0) is 11.4 Å². The third-order valence-corrected chi connectivity index (χ3v) is 4.42.